The number of benzene rings is 2. The molecule has 5 nitrogen and oxygen atoms in total. The molecule has 0 amide bonds. The number of anilines is 1. The Balaban J connectivity index is 2.57. The highest BCUT2D eigenvalue weighted by atomic mass is 32.2. The highest BCUT2D eigenvalue weighted by Gasteiger charge is 2.27. The van der Waals surface area contributed by atoms with E-state index in [0.717, 1.165) is 11.6 Å². The number of rotatable bonds is 6. The molecule has 0 aliphatic rings. The summed E-state index contributed by atoms with van der Waals surface area (Å²) in [6.45, 7) is 3.74. The molecule has 0 aromatic heterocycles. The number of hydrogen-bond donors (Lipinski definition) is 0. The van der Waals surface area contributed by atoms with Gasteiger partial charge in [0.1, 0.15) is 5.75 Å². The number of hydrogen-bond acceptors (Lipinski definition) is 4. The Bertz CT molecular complexity index is 836. The van der Waals surface area contributed by atoms with Gasteiger partial charge in [-0.05, 0) is 49.7 Å². The van der Waals surface area contributed by atoms with Crippen molar-refractivity contribution in [3.63, 3.8) is 0 Å². The molecule has 130 valence electrons. The molecule has 7 heteroatoms. The molecule has 2 aromatic carbocycles. The van der Waals surface area contributed by atoms with Gasteiger partial charge in [-0.2, -0.15) is 0 Å². The highest BCUT2D eigenvalue weighted by molar-refractivity contribution is 7.92. The summed E-state index contributed by atoms with van der Waals surface area (Å²) in [5.41, 5.74) is 1.30. The average molecular weight is 353 g/mol. The maximum absolute atomic E-state index is 13.9. The van der Waals surface area contributed by atoms with Crippen LogP contribution in [0.1, 0.15) is 12.5 Å². The maximum Gasteiger partial charge on any atom is 0.264 e. The van der Waals surface area contributed by atoms with E-state index >= 15 is 0 Å². The lowest BCUT2D eigenvalue weighted by Gasteiger charge is -2.25. The van der Waals surface area contributed by atoms with Crippen molar-refractivity contribution in [2.75, 3.05) is 25.1 Å². The van der Waals surface area contributed by atoms with Crippen LogP contribution in [0, 0.1) is 12.7 Å². The van der Waals surface area contributed by atoms with E-state index in [1.165, 1.54) is 30.7 Å². The molecule has 24 heavy (non-hydrogen) atoms. The zero-order valence-corrected chi connectivity index (χ0v) is 14.9. The van der Waals surface area contributed by atoms with Crippen LogP contribution in [0.3, 0.4) is 0 Å². The van der Waals surface area contributed by atoms with Crippen LogP contribution in [0.2, 0.25) is 0 Å². The first-order valence-corrected chi connectivity index (χ1v) is 8.80. The largest absolute Gasteiger partial charge is 0.495 e. The second-order valence-corrected chi connectivity index (χ2v) is 7.00. The van der Waals surface area contributed by atoms with Crippen molar-refractivity contribution in [2.45, 2.75) is 18.7 Å². The Kier molecular flexibility index (Phi) is 5.33. The Morgan fingerprint density at radius 3 is 2.21 bits per heavy atom. The van der Waals surface area contributed by atoms with E-state index in [1.807, 2.05) is 13.0 Å². The van der Waals surface area contributed by atoms with Crippen molar-refractivity contribution < 1.29 is 22.3 Å². The fraction of sp³-hybridized carbons (Fsp3) is 0.294. The summed E-state index contributed by atoms with van der Waals surface area (Å²) in [4.78, 5) is -0.147. The fourth-order valence-electron chi connectivity index (χ4n) is 2.40. The normalized spacial score (nSPS) is 11.2. The summed E-state index contributed by atoms with van der Waals surface area (Å²) >= 11 is 0. The Labute approximate surface area is 141 Å². The van der Waals surface area contributed by atoms with Crippen LogP contribution in [0.25, 0.3) is 0 Å². The van der Waals surface area contributed by atoms with Crippen LogP contribution in [-0.4, -0.2) is 29.2 Å². The summed E-state index contributed by atoms with van der Waals surface area (Å²) < 4.78 is 51.1. The third kappa shape index (κ3) is 3.31. The molecule has 0 saturated carbocycles. The summed E-state index contributed by atoms with van der Waals surface area (Å²) in [6.07, 6.45) is 0. The number of methoxy groups -OCH3 is 2. The fourth-order valence-corrected chi connectivity index (χ4v) is 3.89. The van der Waals surface area contributed by atoms with Gasteiger partial charge in [-0.3, -0.25) is 4.31 Å². The van der Waals surface area contributed by atoms with E-state index in [1.54, 1.807) is 19.1 Å². The molecule has 0 unspecified atom stereocenters. The number of aryl methyl sites for hydroxylation is 1. The van der Waals surface area contributed by atoms with Gasteiger partial charge in [-0.15, -0.1) is 0 Å². The summed E-state index contributed by atoms with van der Waals surface area (Å²) in [7, 11) is -1.15. The predicted molar refractivity (Wildman–Crippen MR) is 90.9 cm³/mol. The standard InChI is InChI=1S/C17H20FNO4S/c1-5-19(15-10-12(2)6-8-17(15)23-4)24(20,21)13-7-9-16(22-3)14(18)11-13/h6-11H,5H2,1-4H3. The Morgan fingerprint density at radius 2 is 1.67 bits per heavy atom. The zero-order valence-electron chi connectivity index (χ0n) is 14.0. The van der Waals surface area contributed by atoms with Gasteiger partial charge in [-0.25, -0.2) is 12.8 Å². The number of ether oxygens (including phenoxy) is 2. The smallest absolute Gasteiger partial charge is 0.264 e. The zero-order chi connectivity index (χ0) is 17.9. The van der Waals surface area contributed by atoms with E-state index in [9.17, 15) is 12.8 Å². The van der Waals surface area contributed by atoms with Gasteiger partial charge < -0.3 is 9.47 Å². The van der Waals surface area contributed by atoms with E-state index in [0.29, 0.717) is 11.4 Å². The molecule has 0 radical (unpaired) electrons. The van der Waals surface area contributed by atoms with Gasteiger partial charge >= 0.3 is 0 Å². The number of halogens is 1. The molecule has 0 atom stereocenters. The molecule has 0 fully saturated rings. The SMILES string of the molecule is CCN(c1cc(C)ccc1OC)S(=O)(=O)c1ccc(OC)c(F)c1. The topological polar surface area (TPSA) is 55.8 Å². The summed E-state index contributed by atoms with van der Waals surface area (Å²) in [5.74, 6) is -0.309. The molecular weight excluding hydrogens is 333 g/mol. The van der Waals surface area contributed by atoms with Crippen molar-refractivity contribution in [3.8, 4) is 11.5 Å². The first-order valence-electron chi connectivity index (χ1n) is 7.36. The molecule has 0 aliphatic carbocycles. The van der Waals surface area contributed by atoms with Gasteiger partial charge in [0.05, 0.1) is 24.8 Å². The molecule has 2 aromatic rings. The molecule has 0 spiro atoms. The van der Waals surface area contributed by atoms with Crippen LogP contribution in [0.15, 0.2) is 41.3 Å². The van der Waals surface area contributed by atoms with Crippen LogP contribution in [0.4, 0.5) is 10.1 Å². The quantitative estimate of drug-likeness (QED) is 0.799. The molecule has 0 heterocycles. The first kappa shape index (κ1) is 18.1. The summed E-state index contributed by atoms with van der Waals surface area (Å²) in [5, 5.41) is 0. The minimum Gasteiger partial charge on any atom is -0.495 e. The van der Waals surface area contributed by atoms with Crippen molar-refractivity contribution in [1.29, 1.82) is 0 Å². The van der Waals surface area contributed by atoms with Crippen molar-refractivity contribution in [3.05, 3.63) is 47.8 Å². The lowest BCUT2D eigenvalue weighted by Crippen LogP contribution is -2.31. The van der Waals surface area contributed by atoms with Crippen molar-refractivity contribution in [1.82, 2.24) is 0 Å². The minimum absolute atomic E-state index is 0.00913. The maximum atomic E-state index is 13.9. The van der Waals surface area contributed by atoms with E-state index in [4.69, 9.17) is 9.47 Å². The summed E-state index contributed by atoms with van der Waals surface area (Å²) in [6, 6.07) is 8.83. The van der Waals surface area contributed by atoms with Crippen molar-refractivity contribution >= 4 is 15.7 Å². The molecule has 0 bridgehead atoms. The van der Waals surface area contributed by atoms with Crippen molar-refractivity contribution in [2.24, 2.45) is 0 Å². The van der Waals surface area contributed by atoms with Crippen LogP contribution < -0.4 is 13.8 Å². The number of sulfonamides is 1. The second-order valence-electron chi connectivity index (χ2n) is 5.14. The molecule has 2 rings (SSSR count). The molecule has 0 aliphatic heterocycles. The third-order valence-electron chi connectivity index (χ3n) is 3.60. The Morgan fingerprint density at radius 1 is 1.04 bits per heavy atom. The van der Waals surface area contributed by atoms with Crippen LogP contribution >= 0.6 is 0 Å². The average Bonchev–Trinajstić information content (AvgIpc) is 2.55. The monoisotopic (exact) mass is 353 g/mol. The van der Waals surface area contributed by atoms with Gasteiger partial charge in [0.15, 0.2) is 11.6 Å². The molecule has 0 N–H and O–H groups in total. The minimum atomic E-state index is -3.94. The van der Waals surface area contributed by atoms with E-state index in [2.05, 4.69) is 0 Å². The van der Waals surface area contributed by atoms with Gasteiger partial charge in [0, 0.05) is 6.54 Å². The van der Waals surface area contributed by atoms with Crippen LogP contribution in [0.5, 0.6) is 11.5 Å². The van der Waals surface area contributed by atoms with Crippen LogP contribution in [-0.2, 0) is 10.0 Å². The molecular formula is C17H20FNO4S. The highest BCUT2D eigenvalue weighted by Crippen LogP contribution is 2.34. The van der Waals surface area contributed by atoms with Gasteiger partial charge in [0.25, 0.3) is 10.0 Å². The van der Waals surface area contributed by atoms with Gasteiger partial charge in [-0.1, -0.05) is 6.07 Å². The van der Waals surface area contributed by atoms with Gasteiger partial charge in [0.2, 0.25) is 0 Å². The molecule has 0 saturated heterocycles. The first-order chi connectivity index (χ1) is 11.3. The lowest BCUT2D eigenvalue weighted by molar-refractivity contribution is 0.385. The number of nitrogens with zero attached hydrogens (tertiary/aromatic N) is 1. The lowest BCUT2D eigenvalue weighted by atomic mass is 10.2. The third-order valence-corrected chi connectivity index (χ3v) is 5.49. The second kappa shape index (κ2) is 7.09. The Hall–Kier alpha value is -2.28. The van der Waals surface area contributed by atoms with E-state index < -0.39 is 15.8 Å². The predicted octanol–water partition coefficient (Wildman–Crippen LogP) is 3.37. The van der Waals surface area contributed by atoms with E-state index in [-0.39, 0.29) is 17.2 Å².